The van der Waals surface area contributed by atoms with Crippen LogP contribution in [-0.2, 0) is 6.42 Å². The van der Waals surface area contributed by atoms with E-state index in [1.165, 1.54) is 22.8 Å². The molecule has 2 atom stereocenters. The number of thiophene rings is 1. The number of nitrogens with one attached hydrogen (secondary N) is 1. The van der Waals surface area contributed by atoms with E-state index >= 15 is 0 Å². The van der Waals surface area contributed by atoms with Crippen LogP contribution in [-0.4, -0.2) is 24.6 Å². The Bertz CT molecular complexity index is 307. The average molecular weight is 262 g/mol. The van der Waals surface area contributed by atoms with Crippen LogP contribution in [0.25, 0.3) is 0 Å². The van der Waals surface area contributed by atoms with Gasteiger partial charge in [0.1, 0.15) is 0 Å². The van der Waals surface area contributed by atoms with Gasteiger partial charge in [0, 0.05) is 10.9 Å². The van der Waals surface area contributed by atoms with Crippen molar-refractivity contribution in [2.24, 2.45) is 5.92 Å². The first-order valence-corrected chi connectivity index (χ1v) is 7.63. The summed E-state index contributed by atoms with van der Waals surface area (Å²) in [6, 6.07) is 4.77. The highest BCUT2D eigenvalue weighted by Crippen LogP contribution is 2.29. The molecular formula is C11H16ClNS2. The zero-order valence-corrected chi connectivity index (χ0v) is 11.2. The molecule has 1 aliphatic rings. The first-order chi connectivity index (χ1) is 7.29. The Hall–Kier alpha value is 0.300. The second-order valence-electron chi connectivity index (χ2n) is 3.93. The molecule has 0 saturated carbocycles. The van der Waals surface area contributed by atoms with Crippen molar-refractivity contribution in [1.29, 1.82) is 0 Å². The van der Waals surface area contributed by atoms with E-state index < -0.39 is 0 Å². The average Bonchev–Trinajstić information content (AvgIpc) is 2.85. The zero-order chi connectivity index (χ0) is 10.7. The second-order valence-corrected chi connectivity index (χ2v) is 6.88. The molecule has 0 amide bonds. The van der Waals surface area contributed by atoms with Gasteiger partial charge in [-0.05, 0) is 49.4 Å². The minimum absolute atomic E-state index is 0.620. The van der Waals surface area contributed by atoms with Crippen LogP contribution < -0.4 is 5.32 Å². The van der Waals surface area contributed by atoms with Gasteiger partial charge in [-0.2, -0.15) is 11.8 Å². The number of likely N-dealkylation sites (N-methyl/N-ethyl adjacent to an activating group) is 1. The lowest BCUT2D eigenvalue weighted by atomic mass is 9.96. The fraction of sp³-hybridized carbons (Fsp3) is 0.636. The van der Waals surface area contributed by atoms with Gasteiger partial charge in [-0.1, -0.05) is 11.6 Å². The van der Waals surface area contributed by atoms with Crippen LogP contribution in [0.4, 0.5) is 0 Å². The Balaban J connectivity index is 1.95. The van der Waals surface area contributed by atoms with Gasteiger partial charge in [0.25, 0.3) is 0 Å². The van der Waals surface area contributed by atoms with Gasteiger partial charge in [0.2, 0.25) is 0 Å². The summed E-state index contributed by atoms with van der Waals surface area (Å²) in [6.07, 6.45) is 2.48. The van der Waals surface area contributed by atoms with Gasteiger partial charge >= 0.3 is 0 Å². The lowest BCUT2D eigenvalue weighted by Crippen LogP contribution is -2.35. The summed E-state index contributed by atoms with van der Waals surface area (Å²) in [7, 11) is 2.07. The number of thioether (sulfide) groups is 1. The van der Waals surface area contributed by atoms with E-state index in [0.717, 1.165) is 16.7 Å². The molecule has 0 aliphatic carbocycles. The molecule has 1 N–H and O–H groups in total. The normalized spacial score (nSPS) is 23.2. The summed E-state index contributed by atoms with van der Waals surface area (Å²) in [5, 5.41) is 3.45. The highest BCUT2D eigenvalue weighted by atomic mass is 35.5. The van der Waals surface area contributed by atoms with Crippen LogP contribution in [0.2, 0.25) is 4.34 Å². The van der Waals surface area contributed by atoms with E-state index in [9.17, 15) is 0 Å². The van der Waals surface area contributed by atoms with E-state index in [2.05, 4.69) is 30.2 Å². The summed E-state index contributed by atoms with van der Waals surface area (Å²) >= 11 is 9.73. The van der Waals surface area contributed by atoms with Crippen molar-refractivity contribution >= 4 is 34.7 Å². The van der Waals surface area contributed by atoms with Gasteiger partial charge in [0.15, 0.2) is 0 Å². The van der Waals surface area contributed by atoms with Crippen molar-refractivity contribution in [2.75, 3.05) is 18.6 Å². The van der Waals surface area contributed by atoms with Gasteiger partial charge in [-0.15, -0.1) is 11.3 Å². The molecule has 15 heavy (non-hydrogen) atoms. The predicted octanol–water partition coefficient (Wildman–Crippen LogP) is 3.29. The lowest BCUT2D eigenvalue weighted by Gasteiger charge is -2.21. The quantitative estimate of drug-likeness (QED) is 0.893. The fourth-order valence-electron chi connectivity index (χ4n) is 2.05. The molecule has 2 rings (SSSR count). The Kier molecular flexibility index (Phi) is 4.38. The van der Waals surface area contributed by atoms with Crippen molar-refractivity contribution in [1.82, 2.24) is 5.32 Å². The Morgan fingerprint density at radius 2 is 2.47 bits per heavy atom. The lowest BCUT2D eigenvalue weighted by molar-refractivity contribution is 0.406. The van der Waals surface area contributed by atoms with Crippen LogP contribution in [0.5, 0.6) is 0 Å². The minimum Gasteiger partial charge on any atom is -0.316 e. The maximum atomic E-state index is 5.94. The molecule has 84 valence electrons. The largest absolute Gasteiger partial charge is 0.316 e. The Morgan fingerprint density at radius 3 is 3.00 bits per heavy atom. The fourth-order valence-corrected chi connectivity index (χ4v) is 4.54. The van der Waals surface area contributed by atoms with Crippen molar-refractivity contribution in [3.05, 3.63) is 21.3 Å². The summed E-state index contributed by atoms with van der Waals surface area (Å²) in [6.45, 7) is 0. The van der Waals surface area contributed by atoms with E-state index in [4.69, 9.17) is 11.6 Å². The molecule has 1 aromatic heterocycles. The molecule has 2 heterocycles. The zero-order valence-electron chi connectivity index (χ0n) is 8.83. The van der Waals surface area contributed by atoms with E-state index in [0.29, 0.717) is 6.04 Å². The maximum Gasteiger partial charge on any atom is 0.0931 e. The highest BCUT2D eigenvalue weighted by molar-refractivity contribution is 7.99. The van der Waals surface area contributed by atoms with Crippen LogP contribution in [0.1, 0.15) is 11.3 Å². The standard InChI is InChI=1S/C11H16ClNS2/c1-13-10(8-4-5-14-7-8)6-9-2-3-11(12)15-9/h2-3,8,10,13H,4-7H2,1H3. The summed E-state index contributed by atoms with van der Waals surface area (Å²) in [5.41, 5.74) is 0. The van der Waals surface area contributed by atoms with Crippen LogP contribution in [0, 0.1) is 5.92 Å². The second kappa shape index (κ2) is 5.58. The molecule has 4 heteroatoms. The third-order valence-electron chi connectivity index (χ3n) is 2.95. The van der Waals surface area contributed by atoms with Crippen LogP contribution >= 0.6 is 34.7 Å². The molecule has 0 bridgehead atoms. The Labute approximate surface area is 105 Å². The van der Waals surface area contributed by atoms with Crippen LogP contribution in [0.15, 0.2) is 12.1 Å². The predicted molar refractivity (Wildman–Crippen MR) is 71.3 cm³/mol. The minimum atomic E-state index is 0.620. The molecule has 1 saturated heterocycles. The van der Waals surface area contributed by atoms with Crippen molar-refractivity contribution in [3.63, 3.8) is 0 Å². The van der Waals surface area contributed by atoms with Crippen molar-refractivity contribution in [3.8, 4) is 0 Å². The molecule has 1 aliphatic heterocycles. The smallest absolute Gasteiger partial charge is 0.0931 e. The Morgan fingerprint density at radius 1 is 1.60 bits per heavy atom. The van der Waals surface area contributed by atoms with E-state index in [1.807, 2.05) is 6.07 Å². The SMILES string of the molecule is CNC(Cc1ccc(Cl)s1)C1CCSC1. The topological polar surface area (TPSA) is 12.0 Å². The van der Waals surface area contributed by atoms with Gasteiger partial charge in [-0.25, -0.2) is 0 Å². The van der Waals surface area contributed by atoms with Gasteiger partial charge in [-0.3, -0.25) is 0 Å². The first kappa shape index (κ1) is 11.8. The van der Waals surface area contributed by atoms with Gasteiger partial charge in [0.05, 0.1) is 4.34 Å². The molecule has 1 fully saturated rings. The number of hydrogen-bond acceptors (Lipinski definition) is 3. The maximum absolute atomic E-state index is 5.94. The molecule has 1 nitrogen and oxygen atoms in total. The first-order valence-electron chi connectivity index (χ1n) is 5.29. The van der Waals surface area contributed by atoms with Gasteiger partial charge < -0.3 is 5.32 Å². The van der Waals surface area contributed by atoms with E-state index in [1.54, 1.807) is 11.3 Å². The molecule has 1 aromatic rings. The summed E-state index contributed by atoms with van der Waals surface area (Å²) in [4.78, 5) is 1.40. The van der Waals surface area contributed by atoms with Crippen molar-refractivity contribution in [2.45, 2.75) is 18.9 Å². The summed E-state index contributed by atoms with van der Waals surface area (Å²) in [5.74, 6) is 3.47. The molecule has 0 radical (unpaired) electrons. The third kappa shape index (κ3) is 3.13. The van der Waals surface area contributed by atoms with Crippen LogP contribution in [0.3, 0.4) is 0 Å². The summed E-state index contributed by atoms with van der Waals surface area (Å²) < 4.78 is 0.903. The number of hydrogen-bond donors (Lipinski definition) is 1. The molecule has 0 aromatic carbocycles. The monoisotopic (exact) mass is 261 g/mol. The van der Waals surface area contributed by atoms with Crippen molar-refractivity contribution < 1.29 is 0 Å². The highest BCUT2D eigenvalue weighted by Gasteiger charge is 2.24. The molecular weight excluding hydrogens is 246 g/mol. The number of rotatable bonds is 4. The molecule has 2 unspecified atom stereocenters. The van der Waals surface area contributed by atoms with E-state index in [-0.39, 0.29) is 0 Å². The third-order valence-corrected chi connectivity index (χ3v) is 5.40. The molecule has 0 spiro atoms. The number of halogens is 1.